The van der Waals surface area contributed by atoms with E-state index in [1.54, 1.807) is 7.11 Å². The van der Waals surface area contributed by atoms with Crippen LogP contribution in [0.25, 0.3) is 0 Å². The van der Waals surface area contributed by atoms with Gasteiger partial charge in [0.2, 0.25) is 0 Å². The summed E-state index contributed by atoms with van der Waals surface area (Å²) in [6.07, 6.45) is 4.60. The van der Waals surface area contributed by atoms with Crippen molar-refractivity contribution in [2.24, 2.45) is 0 Å². The Labute approximate surface area is 123 Å². The van der Waals surface area contributed by atoms with E-state index >= 15 is 0 Å². The second kappa shape index (κ2) is 7.27. The monoisotopic (exact) mass is 328 g/mol. The molecule has 0 spiro atoms. The molecule has 2 rings (SSSR count). The van der Waals surface area contributed by atoms with E-state index in [0.717, 1.165) is 35.2 Å². The van der Waals surface area contributed by atoms with Crippen LogP contribution in [0.2, 0.25) is 0 Å². The van der Waals surface area contributed by atoms with Crippen molar-refractivity contribution in [1.82, 2.24) is 0 Å². The van der Waals surface area contributed by atoms with Gasteiger partial charge in [-0.2, -0.15) is 0 Å². The molecule has 2 unspecified atom stereocenters. The van der Waals surface area contributed by atoms with Gasteiger partial charge in [0, 0.05) is 11.1 Å². The number of aliphatic hydroxyl groups is 1. The van der Waals surface area contributed by atoms with Gasteiger partial charge in [-0.05, 0) is 55.9 Å². The zero-order chi connectivity index (χ0) is 13.7. The topological polar surface area (TPSA) is 38.7 Å². The van der Waals surface area contributed by atoms with Gasteiger partial charge in [0.05, 0.1) is 19.3 Å². The Balaban J connectivity index is 1.92. The molecular formula is C15H21BrO3. The molecule has 0 radical (unpaired) electrons. The highest BCUT2D eigenvalue weighted by Crippen LogP contribution is 2.25. The summed E-state index contributed by atoms with van der Waals surface area (Å²) < 4.78 is 11.9. The van der Waals surface area contributed by atoms with Crippen molar-refractivity contribution in [2.75, 3.05) is 13.7 Å². The van der Waals surface area contributed by atoms with Crippen molar-refractivity contribution >= 4 is 15.9 Å². The summed E-state index contributed by atoms with van der Waals surface area (Å²) in [5.74, 6) is 0.819. The smallest absolute Gasteiger partial charge is 0.119 e. The maximum absolute atomic E-state index is 10.2. The van der Waals surface area contributed by atoms with Gasteiger partial charge in [-0.3, -0.25) is 0 Å². The number of methoxy groups -OCH3 is 1. The fourth-order valence-electron chi connectivity index (χ4n) is 2.47. The second-order valence-electron chi connectivity index (χ2n) is 5.04. The van der Waals surface area contributed by atoms with E-state index in [2.05, 4.69) is 15.9 Å². The van der Waals surface area contributed by atoms with Crippen molar-refractivity contribution in [3.63, 3.8) is 0 Å². The zero-order valence-electron chi connectivity index (χ0n) is 11.3. The molecule has 0 saturated carbocycles. The average molecular weight is 329 g/mol. The zero-order valence-corrected chi connectivity index (χ0v) is 12.9. The molecule has 19 heavy (non-hydrogen) atoms. The van der Waals surface area contributed by atoms with E-state index in [9.17, 15) is 5.11 Å². The molecule has 3 nitrogen and oxygen atoms in total. The predicted octanol–water partition coefficient (Wildman–Crippen LogP) is 3.32. The van der Waals surface area contributed by atoms with E-state index in [-0.39, 0.29) is 12.2 Å². The van der Waals surface area contributed by atoms with Crippen molar-refractivity contribution in [1.29, 1.82) is 0 Å². The molecule has 106 valence electrons. The molecule has 1 aromatic rings. The predicted molar refractivity (Wildman–Crippen MR) is 78.6 cm³/mol. The number of ether oxygens (including phenoxy) is 2. The Morgan fingerprint density at radius 3 is 3.00 bits per heavy atom. The van der Waals surface area contributed by atoms with Gasteiger partial charge < -0.3 is 14.6 Å². The van der Waals surface area contributed by atoms with Crippen molar-refractivity contribution in [3.05, 3.63) is 28.2 Å². The van der Waals surface area contributed by atoms with Gasteiger partial charge in [0.1, 0.15) is 5.75 Å². The van der Waals surface area contributed by atoms with Crippen LogP contribution in [0.3, 0.4) is 0 Å². The van der Waals surface area contributed by atoms with Crippen LogP contribution in [-0.4, -0.2) is 31.0 Å². The fraction of sp³-hybridized carbons (Fsp3) is 0.600. The van der Waals surface area contributed by atoms with E-state index < -0.39 is 0 Å². The number of aliphatic hydroxyl groups excluding tert-OH is 1. The van der Waals surface area contributed by atoms with Crippen LogP contribution < -0.4 is 4.74 Å². The third-order valence-electron chi connectivity index (χ3n) is 3.52. The maximum Gasteiger partial charge on any atom is 0.119 e. The molecule has 0 amide bonds. The lowest BCUT2D eigenvalue weighted by Crippen LogP contribution is -2.25. The third kappa shape index (κ3) is 4.48. The largest absolute Gasteiger partial charge is 0.497 e. The highest BCUT2D eigenvalue weighted by molar-refractivity contribution is 9.10. The molecule has 0 aromatic heterocycles. The third-order valence-corrected chi connectivity index (χ3v) is 4.29. The van der Waals surface area contributed by atoms with Gasteiger partial charge in [-0.25, -0.2) is 0 Å². The quantitative estimate of drug-likeness (QED) is 0.901. The maximum atomic E-state index is 10.2. The van der Waals surface area contributed by atoms with Crippen LogP contribution >= 0.6 is 15.9 Å². The normalized spacial score (nSPS) is 21.1. The summed E-state index contributed by atoms with van der Waals surface area (Å²) in [4.78, 5) is 0. The molecule has 4 heteroatoms. The van der Waals surface area contributed by atoms with Gasteiger partial charge >= 0.3 is 0 Å². The first kappa shape index (κ1) is 14.8. The average Bonchev–Trinajstić information content (AvgIpc) is 2.42. The first-order valence-corrected chi connectivity index (χ1v) is 7.60. The Morgan fingerprint density at radius 1 is 1.47 bits per heavy atom. The van der Waals surface area contributed by atoms with Gasteiger partial charge in [-0.1, -0.05) is 15.9 Å². The van der Waals surface area contributed by atoms with E-state index in [1.807, 2.05) is 18.2 Å². The molecule has 1 fully saturated rings. The lowest BCUT2D eigenvalue weighted by Gasteiger charge is -2.25. The SMILES string of the molecule is COc1ccc(Br)c(CC(O)CC2CCCCO2)c1. The van der Waals surface area contributed by atoms with Crippen molar-refractivity contribution < 1.29 is 14.6 Å². The summed E-state index contributed by atoms with van der Waals surface area (Å²) in [6, 6.07) is 5.83. The van der Waals surface area contributed by atoms with Crippen LogP contribution in [0.15, 0.2) is 22.7 Å². The summed E-state index contributed by atoms with van der Waals surface area (Å²) in [6.45, 7) is 0.834. The molecule has 1 aromatic carbocycles. The molecular weight excluding hydrogens is 308 g/mol. The lowest BCUT2D eigenvalue weighted by molar-refractivity contribution is -0.0148. The Hall–Kier alpha value is -0.580. The Morgan fingerprint density at radius 2 is 2.32 bits per heavy atom. The molecule has 1 saturated heterocycles. The summed E-state index contributed by atoms with van der Waals surface area (Å²) >= 11 is 3.52. The van der Waals surface area contributed by atoms with Gasteiger partial charge in [0.15, 0.2) is 0 Å². The van der Waals surface area contributed by atoms with Crippen molar-refractivity contribution in [3.8, 4) is 5.75 Å². The number of halogens is 1. The Bertz CT molecular complexity index is 402. The van der Waals surface area contributed by atoms with Crippen LogP contribution in [0.1, 0.15) is 31.2 Å². The van der Waals surface area contributed by atoms with Crippen LogP contribution in [0.4, 0.5) is 0 Å². The molecule has 1 aliphatic heterocycles. The standard InChI is InChI=1S/C15H21BrO3/c1-18-13-5-6-15(16)11(9-13)8-12(17)10-14-4-2-3-7-19-14/h5-6,9,12,14,17H,2-4,7-8,10H2,1H3. The molecule has 2 atom stereocenters. The minimum absolute atomic E-state index is 0.216. The number of hydrogen-bond donors (Lipinski definition) is 1. The number of hydrogen-bond acceptors (Lipinski definition) is 3. The van der Waals surface area contributed by atoms with E-state index in [1.165, 1.54) is 6.42 Å². The van der Waals surface area contributed by atoms with Crippen LogP contribution in [0, 0.1) is 0 Å². The molecule has 0 bridgehead atoms. The van der Waals surface area contributed by atoms with Gasteiger partial charge in [-0.15, -0.1) is 0 Å². The summed E-state index contributed by atoms with van der Waals surface area (Å²) in [5.41, 5.74) is 1.07. The highest BCUT2D eigenvalue weighted by atomic mass is 79.9. The molecule has 1 heterocycles. The molecule has 0 aliphatic carbocycles. The van der Waals surface area contributed by atoms with E-state index in [4.69, 9.17) is 9.47 Å². The molecule has 1 N–H and O–H groups in total. The first-order chi connectivity index (χ1) is 9.19. The van der Waals surface area contributed by atoms with Crippen molar-refractivity contribution in [2.45, 2.75) is 44.3 Å². The Kier molecular flexibility index (Phi) is 5.67. The van der Waals surface area contributed by atoms with E-state index in [0.29, 0.717) is 12.8 Å². The van der Waals surface area contributed by atoms with Crippen LogP contribution in [-0.2, 0) is 11.2 Å². The van der Waals surface area contributed by atoms with Gasteiger partial charge in [0.25, 0.3) is 0 Å². The minimum atomic E-state index is -0.369. The second-order valence-corrected chi connectivity index (χ2v) is 5.89. The molecule has 1 aliphatic rings. The highest BCUT2D eigenvalue weighted by Gasteiger charge is 2.19. The lowest BCUT2D eigenvalue weighted by atomic mass is 9.99. The number of rotatable bonds is 5. The summed E-state index contributed by atoms with van der Waals surface area (Å²) in [5, 5.41) is 10.2. The fourth-order valence-corrected chi connectivity index (χ4v) is 2.88. The first-order valence-electron chi connectivity index (χ1n) is 6.81. The van der Waals surface area contributed by atoms with Crippen LogP contribution in [0.5, 0.6) is 5.75 Å². The summed E-state index contributed by atoms with van der Waals surface area (Å²) in [7, 11) is 1.65. The minimum Gasteiger partial charge on any atom is -0.497 e. The number of benzene rings is 1.